The Kier molecular flexibility index (Phi) is 7.34. The fraction of sp³-hybridized carbons (Fsp3) is 0.200. The van der Waals surface area contributed by atoms with Gasteiger partial charge >= 0.3 is 0 Å². The Morgan fingerprint density at radius 3 is 1.67 bits per heavy atom. The quantitative estimate of drug-likeness (QED) is 0.185. The van der Waals surface area contributed by atoms with E-state index in [0.717, 1.165) is 0 Å². The summed E-state index contributed by atoms with van der Waals surface area (Å²) in [5.74, 6) is 0.673. The molecule has 0 amide bonds. The van der Waals surface area contributed by atoms with Gasteiger partial charge in [0.2, 0.25) is 0 Å². The first-order chi connectivity index (χ1) is 22.6. The van der Waals surface area contributed by atoms with Crippen molar-refractivity contribution in [1.82, 2.24) is 0 Å². The molecule has 0 radical (unpaired) electrons. The maximum absolute atomic E-state index is 2.52. The van der Waals surface area contributed by atoms with E-state index in [1.807, 2.05) is 0 Å². The van der Waals surface area contributed by atoms with Crippen molar-refractivity contribution in [3.8, 4) is 33.4 Å². The van der Waals surface area contributed by atoms with Crippen LogP contribution in [-0.2, 0) is 5.41 Å². The summed E-state index contributed by atoms with van der Waals surface area (Å²) in [5.41, 5.74) is 15.3. The summed E-state index contributed by atoms with van der Waals surface area (Å²) in [4.78, 5) is 2.52. The van der Waals surface area contributed by atoms with E-state index in [2.05, 4.69) is 164 Å². The lowest BCUT2D eigenvalue weighted by Gasteiger charge is -2.32. The van der Waals surface area contributed by atoms with Gasteiger partial charge < -0.3 is 4.90 Å². The van der Waals surface area contributed by atoms with Crippen LogP contribution < -0.4 is 4.90 Å². The van der Waals surface area contributed by atoms with Crippen LogP contribution in [0.15, 0.2) is 146 Å². The van der Waals surface area contributed by atoms with Gasteiger partial charge in [0.15, 0.2) is 0 Å². The van der Waals surface area contributed by atoms with E-state index >= 15 is 0 Å². The van der Waals surface area contributed by atoms with E-state index in [1.165, 1.54) is 99.2 Å². The largest absolute Gasteiger partial charge is 0.309 e. The minimum atomic E-state index is -0.0837. The van der Waals surface area contributed by atoms with Crippen LogP contribution in [-0.4, -0.2) is 0 Å². The normalized spacial score (nSPS) is 15.3. The second-order valence-corrected chi connectivity index (χ2v) is 13.6. The highest BCUT2D eigenvalue weighted by Crippen LogP contribution is 2.52. The zero-order valence-electron chi connectivity index (χ0n) is 26.9. The number of fused-ring (bicyclic) bond motifs is 3. The smallest absolute Gasteiger partial charge is 0.0618 e. The number of nitrogens with zero attached hydrogens (tertiary/aromatic N) is 1. The molecule has 0 aromatic heterocycles. The van der Waals surface area contributed by atoms with Crippen LogP contribution in [0.4, 0.5) is 17.1 Å². The monoisotopic (exact) mass is 595 g/mol. The maximum atomic E-state index is 2.52. The van der Waals surface area contributed by atoms with Gasteiger partial charge in [-0.25, -0.2) is 0 Å². The van der Waals surface area contributed by atoms with Crippen molar-refractivity contribution in [2.75, 3.05) is 4.90 Å². The summed E-state index contributed by atoms with van der Waals surface area (Å²) in [6.07, 6.45) is 6.67. The average Bonchev–Trinajstić information content (AvgIpc) is 3.35. The lowest BCUT2D eigenvalue weighted by atomic mass is 9.82. The van der Waals surface area contributed by atoms with Crippen LogP contribution in [0.3, 0.4) is 0 Å². The fourth-order valence-corrected chi connectivity index (χ4v) is 8.06. The Bertz CT molecular complexity index is 1920. The molecular formula is C45H41N. The fourth-order valence-electron chi connectivity index (χ4n) is 8.06. The molecular weight excluding hydrogens is 555 g/mol. The van der Waals surface area contributed by atoms with Crippen LogP contribution in [0, 0.1) is 0 Å². The molecule has 226 valence electrons. The van der Waals surface area contributed by atoms with Crippen molar-refractivity contribution in [3.63, 3.8) is 0 Å². The van der Waals surface area contributed by atoms with E-state index in [0.29, 0.717) is 5.92 Å². The van der Waals surface area contributed by atoms with Gasteiger partial charge in [-0.2, -0.15) is 0 Å². The lowest BCUT2D eigenvalue weighted by Crippen LogP contribution is -2.17. The molecule has 46 heavy (non-hydrogen) atoms. The highest BCUT2D eigenvalue weighted by Gasteiger charge is 2.36. The molecule has 0 saturated heterocycles. The van der Waals surface area contributed by atoms with Crippen molar-refractivity contribution in [2.24, 2.45) is 0 Å². The standard InChI is InChI=1S/C45H41N/c1-45(2)42-24-13-12-21-40(42)41-30-29-37(31-43(41)45)46(36-27-25-33(26-28-36)32-15-6-3-7-16-32)44-38(34-17-8-4-9-18-34)22-14-23-39(44)35-19-10-5-11-20-35/h4-5,8-14,17-32H,3,6-7,15-16H2,1-2H3. The Morgan fingerprint density at radius 2 is 1.02 bits per heavy atom. The predicted octanol–water partition coefficient (Wildman–Crippen LogP) is 12.8. The molecule has 1 saturated carbocycles. The molecule has 0 spiro atoms. The number of hydrogen-bond acceptors (Lipinski definition) is 1. The Balaban J connectivity index is 1.37. The Hall–Kier alpha value is -4.88. The number of hydrogen-bond donors (Lipinski definition) is 0. The van der Waals surface area contributed by atoms with E-state index in [-0.39, 0.29) is 5.41 Å². The topological polar surface area (TPSA) is 3.24 Å². The molecule has 0 unspecified atom stereocenters. The molecule has 0 N–H and O–H groups in total. The van der Waals surface area contributed by atoms with Crippen molar-refractivity contribution in [1.29, 1.82) is 0 Å². The molecule has 1 fully saturated rings. The van der Waals surface area contributed by atoms with Crippen LogP contribution >= 0.6 is 0 Å². The predicted molar refractivity (Wildman–Crippen MR) is 195 cm³/mol. The highest BCUT2D eigenvalue weighted by atomic mass is 15.1. The number of anilines is 3. The van der Waals surface area contributed by atoms with Gasteiger partial charge in [0.25, 0.3) is 0 Å². The molecule has 6 aromatic rings. The van der Waals surface area contributed by atoms with Crippen molar-refractivity contribution < 1.29 is 0 Å². The molecule has 0 heterocycles. The summed E-state index contributed by atoms with van der Waals surface area (Å²) in [5, 5.41) is 0. The van der Waals surface area contributed by atoms with E-state index in [1.54, 1.807) is 0 Å². The summed E-state index contributed by atoms with van der Waals surface area (Å²) in [6.45, 7) is 4.75. The van der Waals surface area contributed by atoms with Gasteiger partial charge in [-0.1, -0.05) is 154 Å². The molecule has 0 bridgehead atoms. The third kappa shape index (κ3) is 4.95. The SMILES string of the molecule is CC1(C)c2ccccc2-c2ccc(N(c3ccc(C4CCCCC4)cc3)c3c(-c4ccccc4)cccc3-c3ccccc3)cc21. The van der Waals surface area contributed by atoms with E-state index < -0.39 is 0 Å². The van der Waals surface area contributed by atoms with Crippen LogP contribution in [0.25, 0.3) is 33.4 Å². The average molecular weight is 596 g/mol. The van der Waals surface area contributed by atoms with Gasteiger partial charge in [0.05, 0.1) is 5.69 Å². The van der Waals surface area contributed by atoms with Crippen LogP contribution in [0.1, 0.15) is 68.6 Å². The zero-order valence-corrected chi connectivity index (χ0v) is 26.9. The summed E-state index contributed by atoms with van der Waals surface area (Å²) in [6, 6.07) is 54.1. The van der Waals surface area contributed by atoms with E-state index in [4.69, 9.17) is 0 Å². The molecule has 2 aliphatic carbocycles. The van der Waals surface area contributed by atoms with Gasteiger partial charge in [-0.3, -0.25) is 0 Å². The summed E-state index contributed by atoms with van der Waals surface area (Å²) >= 11 is 0. The van der Waals surface area contributed by atoms with Crippen LogP contribution in [0.5, 0.6) is 0 Å². The first-order valence-corrected chi connectivity index (χ1v) is 17.0. The molecule has 1 heteroatoms. The van der Waals surface area contributed by atoms with E-state index in [9.17, 15) is 0 Å². The first-order valence-electron chi connectivity index (χ1n) is 17.0. The first kappa shape index (κ1) is 28.6. The number of para-hydroxylation sites is 1. The van der Waals surface area contributed by atoms with Gasteiger partial charge in [0.1, 0.15) is 0 Å². The van der Waals surface area contributed by atoms with Crippen molar-refractivity contribution >= 4 is 17.1 Å². The molecule has 6 aromatic carbocycles. The second-order valence-electron chi connectivity index (χ2n) is 13.6. The molecule has 2 aliphatic rings. The zero-order chi connectivity index (χ0) is 31.1. The van der Waals surface area contributed by atoms with Gasteiger partial charge in [0, 0.05) is 27.9 Å². The molecule has 8 rings (SSSR count). The van der Waals surface area contributed by atoms with Crippen LogP contribution in [0.2, 0.25) is 0 Å². The van der Waals surface area contributed by atoms with Crippen molar-refractivity contribution in [2.45, 2.75) is 57.3 Å². The maximum Gasteiger partial charge on any atom is 0.0618 e. The minimum absolute atomic E-state index is 0.0837. The Morgan fingerprint density at radius 1 is 0.478 bits per heavy atom. The molecule has 0 atom stereocenters. The molecule has 0 aliphatic heterocycles. The second kappa shape index (κ2) is 11.8. The minimum Gasteiger partial charge on any atom is -0.309 e. The third-order valence-electron chi connectivity index (χ3n) is 10.5. The number of benzene rings is 6. The number of rotatable bonds is 6. The summed E-state index contributed by atoms with van der Waals surface area (Å²) in [7, 11) is 0. The molecule has 1 nitrogen and oxygen atoms in total. The third-order valence-corrected chi connectivity index (χ3v) is 10.5. The van der Waals surface area contributed by atoms with Crippen molar-refractivity contribution in [3.05, 3.63) is 162 Å². The van der Waals surface area contributed by atoms with Gasteiger partial charge in [-0.05, 0) is 82.0 Å². The summed E-state index contributed by atoms with van der Waals surface area (Å²) < 4.78 is 0. The Labute approximate surface area is 274 Å². The lowest BCUT2D eigenvalue weighted by molar-refractivity contribution is 0.443. The van der Waals surface area contributed by atoms with Gasteiger partial charge in [-0.15, -0.1) is 0 Å². The highest BCUT2D eigenvalue weighted by molar-refractivity contribution is 5.98.